The average Bonchev–Trinajstić information content (AvgIpc) is 2.26. The zero-order chi connectivity index (χ0) is 12.1. The highest BCUT2D eigenvalue weighted by molar-refractivity contribution is 6.32. The summed E-state index contributed by atoms with van der Waals surface area (Å²) in [6.45, 7) is 1.92. The molecule has 1 atom stereocenters. The minimum absolute atomic E-state index is 0.0678. The second kappa shape index (κ2) is 5.55. The molecule has 16 heavy (non-hydrogen) atoms. The Labute approximate surface area is 97.5 Å². The number of oxime groups is 1. The Bertz CT molecular complexity index is 398. The Morgan fingerprint density at radius 3 is 2.94 bits per heavy atom. The van der Waals surface area contributed by atoms with Crippen LogP contribution in [0.1, 0.15) is 6.92 Å². The molecule has 1 unspecified atom stereocenters. The van der Waals surface area contributed by atoms with E-state index >= 15 is 0 Å². The van der Waals surface area contributed by atoms with Crippen LogP contribution in [0, 0.1) is 11.7 Å². The molecule has 0 saturated heterocycles. The van der Waals surface area contributed by atoms with Crippen molar-refractivity contribution in [3.05, 3.63) is 29.0 Å². The van der Waals surface area contributed by atoms with Crippen LogP contribution in [0.15, 0.2) is 23.4 Å². The molecule has 0 fully saturated rings. The van der Waals surface area contributed by atoms with Crippen molar-refractivity contribution in [3.8, 4) is 5.75 Å². The van der Waals surface area contributed by atoms with Gasteiger partial charge in [0, 0.05) is 0 Å². The molecule has 0 aliphatic heterocycles. The second-order valence-electron chi connectivity index (χ2n) is 3.31. The number of rotatable bonds is 4. The molecule has 4 nitrogen and oxygen atoms in total. The van der Waals surface area contributed by atoms with Gasteiger partial charge in [-0.25, -0.2) is 4.39 Å². The monoisotopic (exact) mass is 246 g/mol. The minimum Gasteiger partial charge on any atom is -0.491 e. The van der Waals surface area contributed by atoms with Crippen molar-refractivity contribution in [2.24, 2.45) is 16.8 Å². The largest absolute Gasteiger partial charge is 0.491 e. The highest BCUT2D eigenvalue weighted by atomic mass is 35.5. The van der Waals surface area contributed by atoms with Gasteiger partial charge in [0.2, 0.25) is 0 Å². The van der Waals surface area contributed by atoms with E-state index in [-0.39, 0.29) is 23.4 Å². The SMILES string of the molecule is CC(COc1ccc(F)cc1Cl)/C(N)=N/O. The molecule has 0 aliphatic rings. The molecule has 0 aliphatic carbocycles. The lowest BCUT2D eigenvalue weighted by Gasteiger charge is -2.12. The molecule has 0 aromatic heterocycles. The van der Waals surface area contributed by atoms with Crippen molar-refractivity contribution < 1.29 is 14.3 Å². The van der Waals surface area contributed by atoms with Gasteiger partial charge in [-0.2, -0.15) is 0 Å². The summed E-state index contributed by atoms with van der Waals surface area (Å²) in [6.07, 6.45) is 0. The molecule has 1 rings (SSSR count). The molecule has 0 bridgehead atoms. The molecule has 0 radical (unpaired) electrons. The standard InChI is InChI=1S/C10H12ClFN2O2/c1-6(10(13)14-15)5-16-9-3-2-7(12)4-8(9)11/h2-4,6,15H,5H2,1H3,(H2,13,14). The fraction of sp³-hybridized carbons (Fsp3) is 0.300. The lowest BCUT2D eigenvalue weighted by Crippen LogP contribution is -2.26. The van der Waals surface area contributed by atoms with Crippen LogP contribution in [0.5, 0.6) is 5.75 Å². The number of nitrogens with two attached hydrogens (primary N) is 1. The van der Waals surface area contributed by atoms with Gasteiger partial charge in [-0.15, -0.1) is 0 Å². The van der Waals surface area contributed by atoms with E-state index in [1.54, 1.807) is 6.92 Å². The van der Waals surface area contributed by atoms with E-state index in [0.717, 1.165) is 6.07 Å². The molecular formula is C10H12ClFN2O2. The summed E-state index contributed by atoms with van der Waals surface area (Å²) in [5, 5.41) is 11.5. The van der Waals surface area contributed by atoms with Crippen molar-refractivity contribution in [2.45, 2.75) is 6.92 Å². The molecule has 88 valence electrons. The Hall–Kier alpha value is -1.49. The van der Waals surface area contributed by atoms with Crippen LogP contribution in [0.4, 0.5) is 4.39 Å². The van der Waals surface area contributed by atoms with E-state index in [0.29, 0.717) is 5.75 Å². The molecule has 0 spiro atoms. The summed E-state index contributed by atoms with van der Waals surface area (Å²) in [4.78, 5) is 0. The Balaban J connectivity index is 2.61. The lowest BCUT2D eigenvalue weighted by atomic mass is 10.2. The fourth-order valence-electron chi connectivity index (χ4n) is 0.991. The van der Waals surface area contributed by atoms with Crippen LogP contribution < -0.4 is 10.5 Å². The normalized spacial score (nSPS) is 13.6. The van der Waals surface area contributed by atoms with Gasteiger partial charge in [-0.1, -0.05) is 23.7 Å². The maximum absolute atomic E-state index is 12.7. The minimum atomic E-state index is -0.429. The van der Waals surface area contributed by atoms with Crippen LogP contribution in [-0.4, -0.2) is 17.6 Å². The molecule has 3 N–H and O–H groups in total. The van der Waals surface area contributed by atoms with Gasteiger partial charge in [-0.05, 0) is 18.2 Å². The van der Waals surface area contributed by atoms with Gasteiger partial charge in [0.05, 0.1) is 17.5 Å². The molecule has 1 aromatic carbocycles. The van der Waals surface area contributed by atoms with Crippen molar-refractivity contribution in [1.82, 2.24) is 0 Å². The smallest absolute Gasteiger partial charge is 0.145 e. The summed E-state index contributed by atoms with van der Waals surface area (Å²) in [7, 11) is 0. The highest BCUT2D eigenvalue weighted by Crippen LogP contribution is 2.25. The van der Waals surface area contributed by atoms with Gasteiger partial charge in [-0.3, -0.25) is 0 Å². The number of nitrogens with zero attached hydrogens (tertiary/aromatic N) is 1. The fourth-order valence-corrected chi connectivity index (χ4v) is 1.21. The number of amidine groups is 1. The Kier molecular flexibility index (Phi) is 4.37. The topological polar surface area (TPSA) is 67.8 Å². The molecule has 0 amide bonds. The summed E-state index contributed by atoms with van der Waals surface area (Å²) in [6, 6.07) is 3.83. The van der Waals surface area contributed by atoms with E-state index in [4.69, 9.17) is 27.3 Å². The predicted molar refractivity (Wildman–Crippen MR) is 59.5 cm³/mol. The number of hydrogen-bond acceptors (Lipinski definition) is 3. The number of benzene rings is 1. The lowest BCUT2D eigenvalue weighted by molar-refractivity contribution is 0.279. The third-order valence-electron chi connectivity index (χ3n) is 2.00. The van der Waals surface area contributed by atoms with E-state index < -0.39 is 5.82 Å². The second-order valence-corrected chi connectivity index (χ2v) is 3.72. The van der Waals surface area contributed by atoms with Gasteiger partial charge < -0.3 is 15.7 Å². The summed E-state index contributed by atoms with van der Waals surface area (Å²) in [5.41, 5.74) is 5.37. The first kappa shape index (κ1) is 12.6. The van der Waals surface area contributed by atoms with Crippen molar-refractivity contribution >= 4 is 17.4 Å². The van der Waals surface area contributed by atoms with Gasteiger partial charge in [0.25, 0.3) is 0 Å². The van der Waals surface area contributed by atoms with Crippen LogP contribution in [0.2, 0.25) is 5.02 Å². The van der Waals surface area contributed by atoms with Crippen LogP contribution >= 0.6 is 11.6 Å². The van der Waals surface area contributed by atoms with Gasteiger partial charge in [0.15, 0.2) is 0 Å². The molecule has 0 saturated carbocycles. The molecule has 0 heterocycles. The molecular weight excluding hydrogens is 235 g/mol. The maximum Gasteiger partial charge on any atom is 0.145 e. The maximum atomic E-state index is 12.7. The first-order valence-electron chi connectivity index (χ1n) is 4.60. The summed E-state index contributed by atoms with van der Waals surface area (Å²) >= 11 is 5.75. The highest BCUT2D eigenvalue weighted by Gasteiger charge is 2.10. The first-order chi connectivity index (χ1) is 7.54. The molecule has 6 heteroatoms. The van der Waals surface area contributed by atoms with Gasteiger partial charge in [0.1, 0.15) is 17.4 Å². The first-order valence-corrected chi connectivity index (χ1v) is 4.97. The quantitative estimate of drug-likeness (QED) is 0.371. The Morgan fingerprint density at radius 1 is 1.69 bits per heavy atom. The van der Waals surface area contributed by atoms with E-state index in [1.807, 2.05) is 0 Å². The van der Waals surface area contributed by atoms with Crippen LogP contribution in [0.3, 0.4) is 0 Å². The zero-order valence-electron chi connectivity index (χ0n) is 8.65. The van der Waals surface area contributed by atoms with Crippen molar-refractivity contribution in [2.75, 3.05) is 6.61 Å². The van der Waals surface area contributed by atoms with E-state index in [9.17, 15) is 4.39 Å². The van der Waals surface area contributed by atoms with Crippen molar-refractivity contribution in [1.29, 1.82) is 0 Å². The van der Waals surface area contributed by atoms with Crippen LogP contribution in [0.25, 0.3) is 0 Å². The number of halogens is 2. The third-order valence-corrected chi connectivity index (χ3v) is 2.30. The van der Waals surface area contributed by atoms with E-state index in [1.165, 1.54) is 12.1 Å². The molecule has 1 aromatic rings. The Morgan fingerprint density at radius 2 is 2.38 bits per heavy atom. The number of hydrogen-bond donors (Lipinski definition) is 2. The van der Waals surface area contributed by atoms with Crippen molar-refractivity contribution in [3.63, 3.8) is 0 Å². The zero-order valence-corrected chi connectivity index (χ0v) is 9.41. The van der Waals surface area contributed by atoms with Gasteiger partial charge >= 0.3 is 0 Å². The average molecular weight is 247 g/mol. The van der Waals surface area contributed by atoms with Crippen LogP contribution in [-0.2, 0) is 0 Å². The number of ether oxygens (including phenoxy) is 1. The third kappa shape index (κ3) is 3.27. The van der Waals surface area contributed by atoms with E-state index in [2.05, 4.69) is 5.16 Å². The summed E-state index contributed by atoms with van der Waals surface area (Å²) < 4.78 is 18.0. The predicted octanol–water partition coefficient (Wildman–Crippen LogP) is 2.24. The summed E-state index contributed by atoms with van der Waals surface area (Å²) in [5.74, 6) is -0.258.